The van der Waals surface area contributed by atoms with E-state index in [-0.39, 0.29) is 23.1 Å². The van der Waals surface area contributed by atoms with E-state index in [1.54, 1.807) is 6.07 Å². The maximum atomic E-state index is 13.3. The van der Waals surface area contributed by atoms with Gasteiger partial charge in [0.15, 0.2) is 0 Å². The van der Waals surface area contributed by atoms with Crippen LogP contribution in [0.4, 0.5) is 4.39 Å². The molecule has 1 aliphatic rings. The molecular formula is C25H38ClFO2. The average molecular weight is 425 g/mol. The summed E-state index contributed by atoms with van der Waals surface area (Å²) in [6, 6.07) is 4.59. The normalized spacial score (nSPS) is 16.9. The predicted octanol–water partition coefficient (Wildman–Crippen LogP) is 7.99. The molecule has 2 atom stereocenters. The van der Waals surface area contributed by atoms with Crippen molar-refractivity contribution in [1.29, 1.82) is 0 Å². The number of fused-ring (bicyclic) bond motifs is 1. The summed E-state index contributed by atoms with van der Waals surface area (Å²) in [7, 11) is 0. The zero-order valence-electron chi connectivity index (χ0n) is 18.1. The highest BCUT2D eigenvalue weighted by Crippen LogP contribution is 2.33. The fourth-order valence-electron chi connectivity index (χ4n) is 4.31. The van der Waals surface area contributed by atoms with Gasteiger partial charge in [0.1, 0.15) is 17.7 Å². The number of carbonyl (C=O) groups excluding carboxylic acids is 1. The molecule has 1 heterocycles. The lowest BCUT2D eigenvalue weighted by Crippen LogP contribution is -2.34. The van der Waals surface area contributed by atoms with Crippen molar-refractivity contribution in [3.8, 4) is 5.75 Å². The Balaban J connectivity index is 1.58. The third-order valence-corrected chi connectivity index (χ3v) is 6.39. The number of hydrogen-bond acceptors (Lipinski definition) is 2. The fraction of sp³-hybridized carbons (Fsp3) is 0.720. The van der Waals surface area contributed by atoms with Gasteiger partial charge in [0.05, 0.1) is 5.92 Å². The Morgan fingerprint density at radius 3 is 2.21 bits per heavy atom. The Kier molecular flexibility index (Phi) is 11.7. The summed E-state index contributed by atoms with van der Waals surface area (Å²) >= 11 is 5.89. The predicted molar refractivity (Wildman–Crippen MR) is 119 cm³/mol. The summed E-state index contributed by atoms with van der Waals surface area (Å²) in [6.07, 6.45) is 17.6. The maximum absolute atomic E-state index is 13.3. The molecular weight excluding hydrogens is 387 g/mol. The minimum atomic E-state index is -0.302. The van der Waals surface area contributed by atoms with Crippen molar-refractivity contribution in [3.05, 3.63) is 29.6 Å². The van der Waals surface area contributed by atoms with Crippen LogP contribution in [0.25, 0.3) is 0 Å². The monoisotopic (exact) mass is 424 g/mol. The van der Waals surface area contributed by atoms with E-state index < -0.39 is 0 Å². The lowest BCUT2D eigenvalue weighted by Gasteiger charge is -2.30. The van der Waals surface area contributed by atoms with Crippen LogP contribution in [-0.2, 0) is 11.2 Å². The van der Waals surface area contributed by atoms with E-state index >= 15 is 0 Å². The molecule has 0 spiro atoms. The van der Waals surface area contributed by atoms with Crippen molar-refractivity contribution >= 4 is 16.8 Å². The molecule has 2 rings (SSSR count). The number of aryl methyl sites for hydroxylation is 1. The SMILES string of the molecule is CCCCCCCCCCCCCCC(C(=O)Cl)C1CCc2cc(F)ccc2O1. The molecule has 1 aromatic rings. The molecule has 0 N–H and O–H groups in total. The van der Waals surface area contributed by atoms with Crippen LogP contribution in [0.15, 0.2) is 18.2 Å². The number of carbonyl (C=O) groups is 1. The first kappa shape index (κ1) is 24.2. The molecule has 2 unspecified atom stereocenters. The first-order chi connectivity index (χ1) is 14.1. The minimum Gasteiger partial charge on any atom is -0.489 e. The highest BCUT2D eigenvalue weighted by Gasteiger charge is 2.31. The first-order valence-electron chi connectivity index (χ1n) is 11.8. The molecule has 0 fully saturated rings. The Bertz CT molecular complexity index is 604. The van der Waals surface area contributed by atoms with Crippen molar-refractivity contribution in [2.45, 2.75) is 109 Å². The largest absolute Gasteiger partial charge is 0.489 e. The van der Waals surface area contributed by atoms with Gasteiger partial charge < -0.3 is 4.74 Å². The van der Waals surface area contributed by atoms with E-state index in [0.29, 0.717) is 5.75 Å². The molecule has 0 bridgehead atoms. The van der Waals surface area contributed by atoms with Crippen LogP contribution in [0, 0.1) is 11.7 Å². The Morgan fingerprint density at radius 1 is 1.03 bits per heavy atom. The standard InChI is InChI=1S/C25H38ClFO2/c1-2-3-4-5-6-7-8-9-10-11-12-13-14-22(25(26)28)24-17-15-20-19-21(27)16-18-23(20)29-24/h16,18-19,22,24H,2-15,17H2,1H3. The van der Waals surface area contributed by atoms with Crippen LogP contribution >= 0.6 is 11.6 Å². The van der Waals surface area contributed by atoms with Gasteiger partial charge in [0, 0.05) is 0 Å². The van der Waals surface area contributed by atoms with Gasteiger partial charge in [-0.15, -0.1) is 0 Å². The van der Waals surface area contributed by atoms with E-state index in [1.807, 2.05) is 0 Å². The molecule has 4 heteroatoms. The Labute approximate surface area is 181 Å². The van der Waals surface area contributed by atoms with Crippen LogP contribution in [0.1, 0.15) is 102 Å². The Morgan fingerprint density at radius 2 is 1.62 bits per heavy atom. The van der Waals surface area contributed by atoms with Crippen LogP contribution in [0.5, 0.6) is 5.75 Å². The van der Waals surface area contributed by atoms with Gasteiger partial charge >= 0.3 is 0 Å². The number of unbranched alkanes of at least 4 members (excludes halogenated alkanes) is 11. The minimum absolute atomic E-state index is 0.189. The third kappa shape index (κ3) is 9.07. The van der Waals surface area contributed by atoms with Gasteiger partial charge in [-0.1, -0.05) is 84.0 Å². The van der Waals surface area contributed by atoms with Crippen molar-refractivity contribution < 1.29 is 13.9 Å². The van der Waals surface area contributed by atoms with Crippen LogP contribution < -0.4 is 4.74 Å². The smallest absolute Gasteiger partial charge is 0.228 e. The molecule has 1 aromatic carbocycles. The van der Waals surface area contributed by atoms with Gasteiger partial charge in [0.25, 0.3) is 0 Å². The van der Waals surface area contributed by atoms with Gasteiger partial charge in [-0.25, -0.2) is 4.39 Å². The summed E-state index contributed by atoms with van der Waals surface area (Å²) in [5.41, 5.74) is 0.882. The van der Waals surface area contributed by atoms with E-state index in [2.05, 4.69) is 6.92 Å². The van der Waals surface area contributed by atoms with E-state index in [4.69, 9.17) is 16.3 Å². The number of ether oxygens (including phenoxy) is 1. The molecule has 0 aromatic heterocycles. The third-order valence-electron chi connectivity index (χ3n) is 6.11. The summed E-state index contributed by atoms with van der Waals surface area (Å²) < 4.78 is 19.3. The number of rotatable bonds is 15. The second-order valence-corrected chi connectivity index (χ2v) is 8.91. The summed E-state index contributed by atoms with van der Waals surface area (Å²) in [4.78, 5) is 12.0. The molecule has 2 nitrogen and oxygen atoms in total. The molecule has 0 saturated carbocycles. The maximum Gasteiger partial charge on any atom is 0.228 e. The zero-order chi connectivity index (χ0) is 20.9. The van der Waals surface area contributed by atoms with Gasteiger partial charge in [-0.3, -0.25) is 4.79 Å². The summed E-state index contributed by atoms with van der Waals surface area (Å²) in [5.74, 6) is 0.186. The van der Waals surface area contributed by atoms with E-state index in [9.17, 15) is 9.18 Å². The second-order valence-electron chi connectivity index (χ2n) is 8.54. The van der Waals surface area contributed by atoms with Gasteiger partial charge in [-0.05, 0) is 54.6 Å². The molecule has 1 aliphatic heterocycles. The average Bonchev–Trinajstić information content (AvgIpc) is 2.71. The molecule has 0 saturated heterocycles. The molecule has 0 amide bonds. The van der Waals surface area contributed by atoms with Crippen molar-refractivity contribution in [2.75, 3.05) is 0 Å². The van der Waals surface area contributed by atoms with Crippen LogP contribution in [0.2, 0.25) is 0 Å². The Hall–Kier alpha value is -1.09. The molecule has 29 heavy (non-hydrogen) atoms. The van der Waals surface area contributed by atoms with Gasteiger partial charge in [-0.2, -0.15) is 0 Å². The highest BCUT2D eigenvalue weighted by molar-refractivity contribution is 6.64. The summed E-state index contributed by atoms with van der Waals surface area (Å²) in [5, 5.41) is -0.302. The fourth-order valence-corrected chi connectivity index (χ4v) is 4.56. The molecule has 0 aliphatic carbocycles. The van der Waals surface area contributed by atoms with Crippen molar-refractivity contribution in [1.82, 2.24) is 0 Å². The van der Waals surface area contributed by atoms with Crippen LogP contribution in [-0.4, -0.2) is 11.3 Å². The van der Waals surface area contributed by atoms with E-state index in [0.717, 1.165) is 37.7 Å². The zero-order valence-corrected chi connectivity index (χ0v) is 18.8. The lowest BCUT2D eigenvalue weighted by molar-refractivity contribution is -0.118. The molecule has 164 valence electrons. The topological polar surface area (TPSA) is 26.3 Å². The van der Waals surface area contributed by atoms with Crippen LogP contribution in [0.3, 0.4) is 0 Å². The van der Waals surface area contributed by atoms with Gasteiger partial charge in [0.2, 0.25) is 5.24 Å². The highest BCUT2D eigenvalue weighted by atomic mass is 35.5. The number of benzene rings is 1. The van der Waals surface area contributed by atoms with Crippen molar-refractivity contribution in [2.24, 2.45) is 5.92 Å². The van der Waals surface area contributed by atoms with Crippen molar-refractivity contribution in [3.63, 3.8) is 0 Å². The quantitative estimate of drug-likeness (QED) is 0.210. The molecule has 0 radical (unpaired) electrons. The summed E-state index contributed by atoms with van der Waals surface area (Å²) in [6.45, 7) is 2.26. The first-order valence-corrected chi connectivity index (χ1v) is 12.1. The lowest BCUT2D eigenvalue weighted by atomic mass is 9.90. The number of hydrogen-bond donors (Lipinski definition) is 0. The second kappa shape index (κ2) is 14.0. The van der Waals surface area contributed by atoms with E-state index in [1.165, 1.54) is 76.3 Å². The number of halogens is 2.